The van der Waals surface area contributed by atoms with Crippen molar-refractivity contribution in [1.82, 2.24) is 15.6 Å². The molecule has 0 aliphatic rings. The highest BCUT2D eigenvalue weighted by Crippen LogP contribution is 2.30. The lowest BCUT2D eigenvalue weighted by Crippen LogP contribution is -2.38. The summed E-state index contributed by atoms with van der Waals surface area (Å²) in [6.45, 7) is 3.31. The number of hydrogen-bond acceptors (Lipinski definition) is 4. The van der Waals surface area contributed by atoms with Crippen LogP contribution in [0.2, 0.25) is 0 Å². The molecule has 2 rings (SSSR count). The van der Waals surface area contributed by atoms with E-state index in [0.29, 0.717) is 24.1 Å². The zero-order valence-electron chi connectivity index (χ0n) is 14.6. The molecule has 1 heterocycles. The summed E-state index contributed by atoms with van der Waals surface area (Å²) in [5.41, 5.74) is 0.272. The van der Waals surface area contributed by atoms with Gasteiger partial charge in [0.15, 0.2) is 11.7 Å². The average Bonchev–Trinajstić information content (AvgIpc) is 3.10. The standard InChI is InChI=1S/C17H21F3N4OS/c1-3-21-16(22-9-8-12-4-6-13(25-2)7-5-12)23-10-15-24-14(11-26-15)17(18,19)20/h4-7,11H,3,8-10H2,1-2H3,(H2,21,22,23). The van der Waals surface area contributed by atoms with Crippen LogP contribution in [0.1, 0.15) is 23.2 Å². The van der Waals surface area contributed by atoms with Gasteiger partial charge in [-0.05, 0) is 31.0 Å². The van der Waals surface area contributed by atoms with Crippen LogP contribution in [0.4, 0.5) is 13.2 Å². The number of methoxy groups -OCH3 is 1. The second-order valence-electron chi connectivity index (χ2n) is 5.34. The Labute approximate surface area is 154 Å². The van der Waals surface area contributed by atoms with Crippen LogP contribution in [-0.4, -0.2) is 31.1 Å². The number of halogens is 3. The van der Waals surface area contributed by atoms with E-state index in [1.807, 2.05) is 31.2 Å². The summed E-state index contributed by atoms with van der Waals surface area (Å²) < 4.78 is 42.8. The molecule has 26 heavy (non-hydrogen) atoms. The van der Waals surface area contributed by atoms with E-state index >= 15 is 0 Å². The molecular formula is C17H21F3N4OS. The summed E-state index contributed by atoms with van der Waals surface area (Å²) in [7, 11) is 1.62. The Bertz CT molecular complexity index is 714. The minimum absolute atomic E-state index is 0.0958. The number of ether oxygens (including phenoxy) is 1. The topological polar surface area (TPSA) is 58.5 Å². The van der Waals surface area contributed by atoms with Crippen molar-refractivity contribution in [3.05, 3.63) is 45.9 Å². The highest BCUT2D eigenvalue weighted by atomic mass is 32.1. The molecule has 2 N–H and O–H groups in total. The third-order valence-electron chi connectivity index (χ3n) is 3.42. The van der Waals surface area contributed by atoms with Gasteiger partial charge in [0, 0.05) is 18.5 Å². The van der Waals surface area contributed by atoms with Crippen molar-refractivity contribution in [2.24, 2.45) is 4.99 Å². The van der Waals surface area contributed by atoms with Crippen LogP contribution in [0.3, 0.4) is 0 Å². The molecule has 1 aromatic carbocycles. The molecule has 0 aliphatic carbocycles. The first-order valence-corrected chi connectivity index (χ1v) is 8.97. The van der Waals surface area contributed by atoms with Gasteiger partial charge in [0.05, 0.1) is 13.7 Å². The van der Waals surface area contributed by atoms with Gasteiger partial charge in [0.2, 0.25) is 0 Å². The number of hydrogen-bond donors (Lipinski definition) is 2. The lowest BCUT2D eigenvalue weighted by Gasteiger charge is -2.11. The number of rotatable bonds is 7. The Morgan fingerprint density at radius 3 is 2.54 bits per heavy atom. The molecule has 0 amide bonds. The first-order chi connectivity index (χ1) is 12.4. The van der Waals surface area contributed by atoms with Gasteiger partial charge in [-0.3, -0.25) is 0 Å². The van der Waals surface area contributed by atoms with Crippen LogP contribution in [0.15, 0.2) is 34.6 Å². The minimum atomic E-state index is -4.42. The van der Waals surface area contributed by atoms with E-state index in [1.54, 1.807) is 7.11 Å². The van der Waals surface area contributed by atoms with Gasteiger partial charge in [0.25, 0.3) is 0 Å². The monoisotopic (exact) mass is 386 g/mol. The highest BCUT2D eigenvalue weighted by molar-refractivity contribution is 7.09. The molecule has 0 unspecified atom stereocenters. The predicted octanol–water partition coefficient (Wildman–Crippen LogP) is 3.47. The molecule has 0 aliphatic heterocycles. The maximum atomic E-state index is 12.6. The summed E-state index contributed by atoms with van der Waals surface area (Å²) in [5.74, 6) is 1.35. The third kappa shape index (κ3) is 6.21. The molecule has 2 aromatic rings. The zero-order chi connectivity index (χ0) is 19.0. The van der Waals surface area contributed by atoms with Crippen LogP contribution in [0, 0.1) is 0 Å². The first kappa shape index (κ1) is 20.0. The normalized spacial score (nSPS) is 12.1. The fourth-order valence-electron chi connectivity index (χ4n) is 2.12. The SMILES string of the molecule is CCNC(=NCc1nc(C(F)(F)F)cs1)NCCc1ccc(OC)cc1. The first-order valence-electron chi connectivity index (χ1n) is 8.09. The molecule has 0 radical (unpaired) electrons. The summed E-state index contributed by atoms with van der Waals surface area (Å²) >= 11 is 0.955. The van der Waals surface area contributed by atoms with Gasteiger partial charge in [-0.25, -0.2) is 9.98 Å². The fourth-order valence-corrected chi connectivity index (χ4v) is 2.84. The van der Waals surface area contributed by atoms with E-state index < -0.39 is 11.9 Å². The van der Waals surface area contributed by atoms with Gasteiger partial charge in [-0.15, -0.1) is 11.3 Å². The molecule has 0 spiro atoms. The second-order valence-corrected chi connectivity index (χ2v) is 6.29. The molecule has 0 atom stereocenters. The summed E-state index contributed by atoms with van der Waals surface area (Å²) in [6.07, 6.45) is -3.64. The van der Waals surface area contributed by atoms with E-state index in [-0.39, 0.29) is 6.54 Å². The number of nitrogens with zero attached hydrogens (tertiary/aromatic N) is 2. The van der Waals surface area contributed by atoms with Crippen LogP contribution < -0.4 is 15.4 Å². The van der Waals surface area contributed by atoms with Crippen molar-refractivity contribution in [1.29, 1.82) is 0 Å². The smallest absolute Gasteiger partial charge is 0.434 e. The number of benzene rings is 1. The summed E-state index contributed by atoms with van der Waals surface area (Å²) in [5, 5.41) is 7.57. The Balaban J connectivity index is 1.88. The maximum absolute atomic E-state index is 12.6. The maximum Gasteiger partial charge on any atom is 0.434 e. The van der Waals surface area contributed by atoms with Crippen molar-refractivity contribution in [3.8, 4) is 5.75 Å². The van der Waals surface area contributed by atoms with Gasteiger partial charge in [-0.2, -0.15) is 13.2 Å². The largest absolute Gasteiger partial charge is 0.497 e. The Hall–Kier alpha value is -2.29. The van der Waals surface area contributed by atoms with Crippen molar-refractivity contribution in [2.45, 2.75) is 26.1 Å². The number of alkyl halides is 3. The Morgan fingerprint density at radius 1 is 1.23 bits per heavy atom. The molecule has 5 nitrogen and oxygen atoms in total. The van der Waals surface area contributed by atoms with E-state index in [0.717, 1.165) is 34.5 Å². The molecular weight excluding hydrogens is 365 g/mol. The number of thiazole rings is 1. The number of aromatic nitrogens is 1. The molecule has 142 valence electrons. The van der Waals surface area contributed by atoms with E-state index in [2.05, 4.69) is 20.6 Å². The van der Waals surface area contributed by atoms with E-state index in [9.17, 15) is 13.2 Å². The molecule has 1 aromatic heterocycles. The summed E-state index contributed by atoms with van der Waals surface area (Å²) in [4.78, 5) is 7.87. The van der Waals surface area contributed by atoms with Crippen molar-refractivity contribution in [2.75, 3.05) is 20.2 Å². The molecule has 0 saturated heterocycles. The molecule has 0 saturated carbocycles. The minimum Gasteiger partial charge on any atom is -0.497 e. The van der Waals surface area contributed by atoms with Crippen LogP contribution in [-0.2, 0) is 19.1 Å². The van der Waals surface area contributed by atoms with E-state index in [1.165, 1.54) is 0 Å². The van der Waals surface area contributed by atoms with Crippen LogP contribution in [0.25, 0.3) is 0 Å². The average molecular weight is 386 g/mol. The predicted molar refractivity (Wildman–Crippen MR) is 96.6 cm³/mol. The van der Waals surface area contributed by atoms with Gasteiger partial charge in [-0.1, -0.05) is 12.1 Å². The van der Waals surface area contributed by atoms with Gasteiger partial charge < -0.3 is 15.4 Å². The fraction of sp³-hybridized carbons (Fsp3) is 0.412. The highest BCUT2D eigenvalue weighted by Gasteiger charge is 2.33. The number of nitrogens with one attached hydrogen (secondary N) is 2. The van der Waals surface area contributed by atoms with Gasteiger partial charge >= 0.3 is 6.18 Å². The quantitative estimate of drug-likeness (QED) is 0.565. The lowest BCUT2D eigenvalue weighted by molar-refractivity contribution is -0.140. The molecule has 0 bridgehead atoms. The summed E-state index contributed by atoms with van der Waals surface area (Å²) in [6, 6.07) is 7.77. The lowest BCUT2D eigenvalue weighted by atomic mass is 10.1. The molecule has 9 heteroatoms. The number of guanidine groups is 1. The van der Waals surface area contributed by atoms with Crippen LogP contribution in [0.5, 0.6) is 5.75 Å². The second kappa shape index (κ2) is 9.42. The zero-order valence-corrected chi connectivity index (χ0v) is 15.4. The van der Waals surface area contributed by atoms with Gasteiger partial charge in [0.1, 0.15) is 10.8 Å². The third-order valence-corrected chi connectivity index (χ3v) is 4.26. The van der Waals surface area contributed by atoms with Crippen LogP contribution >= 0.6 is 11.3 Å². The Kier molecular flexibility index (Phi) is 7.26. The van der Waals surface area contributed by atoms with Crippen molar-refractivity contribution in [3.63, 3.8) is 0 Å². The van der Waals surface area contributed by atoms with Crippen molar-refractivity contribution >= 4 is 17.3 Å². The molecule has 0 fully saturated rings. The van der Waals surface area contributed by atoms with Crippen molar-refractivity contribution < 1.29 is 17.9 Å². The Morgan fingerprint density at radius 2 is 1.96 bits per heavy atom. The van der Waals surface area contributed by atoms with E-state index in [4.69, 9.17) is 4.74 Å². The number of aliphatic imine (C=N–C) groups is 1.